The average molecular weight is 321 g/mol. The predicted octanol–water partition coefficient (Wildman–Crippen LogP) is 2.44. The largest absolute Gasteiger partial charge is 0.398 e. The van der Waals surface area contributed by atoms with Gasteiger partial charge in [-0.1, -0.05) is 18.5 Å². The van der Waals surface area contributed by atoms with Crippen molar-refractivity contribution < 1.29 is 8.42 Å². The Morgan fingerprint density at radius 2 is 2.26 bits per heavy atom. The van der Waals surface area contributed by atoms with Gasteiger partial charge in [0.25, 0.3) is 0 Å². The summed E-state index contributed by atoms with van der Waals surface area (Å²) in [6.45, 7) is 3.19. The standard InChI is InChI=1S/C12H17ClN2O2S2/c1-2-9-8-15(5-6-18-9)19(16,17)10-3-4-12(14)11(13)7-10/h3-4,7,9H,2,5-6,8,14H2,1H3. The van der Waals surface area contributed by atoms with Crippen LogP contribution in [0.1, 0.15) is 13.3 Å². The van der Waals surface area contributed by atoms with E-state index in [0.29, 0.717) is 24.0 Å². The summed E-state index contributed by atoms with van der Waals surface area (Å²) in [5.41, 5.74) is 6.00. The van der Waals surface area contributed by atoms with Gasteiger partial charge in [-0.05, 0) is 24.6 Å². The van der Waals surface area contributed by atoms with Crippen molar-refractivity contribution in [3.8, 4) is 0 Å². The highest BCUT2D eigenvalue weighted by molar-refractivity contribution is 8.00. The Morgan fingerprint density at radius 1 is 1.53 bits per heavy atom. The maximum atomic E-state index is 12.5. The number of nitrogens with two attached hydrogens (primary N) is 1. The van der Waals surface area contributed by atoms with Crippen LogP contribution in [0.5, 0.6) is 0 Å². The first-order valence-corrected chi connectivity index (χ1v) is 8.98. The zero-order valence-electron chi connectivity index (χ0n) is 10.7. The summed E-state index contributed by atoms with van der Waals surface area (Å²) in [6, 6.07) is 4.47. The lowest BCUT2D eigenvalue weighted by atomic mass is 10.3. The maximum absolute atomic E-state index is 12.5. The first kappa shape index (κ1) is 15.0. The second kappa shape index (κ2) is 5.91. The molecule has 0 amide bonds. The van der Waals surface area contributed by atoms with Gasteiger partial charge < -0.3 is 5.73 Å². The Kier molecular flexibility index (Phi) is 4.66. The maximum Gasteiger partial charge on any atom is 0.243 e. The smallest absolute Gasteiger partial charge is 0.243 e. The van der Waals surface area contributed by atoms with Gasteiger partial charge in [-0.3, -0.25) is 0 Å². The highest BCUT2D eigenvalue weighted by Gasteiger charge is 2.30. The summed E-state index contributed by atoms with van der Waals surface area (Å²) < 4.78 is 26.6. The van der Waals surface area contributed by atoms with E-state index in [1.54, 1.807) is 4.31 Å². The van der Waals surface area contributed by atoms with Crippen LogP contribution in [0.2, 0.25) is 5.02 Å². The van der Waals surface area contributed by atoms with Gasteiger partial charge in [-0.25, -0.2) is 8.42 Å². The summed E-state index contributed by atoms with van der Waals surface area (Å²) in [7, 11) is -3.46. The minimum atomic E-state index is -3.46. The van der Waals surface area contributed by atoms with Crippen LogP contribution in [0.15, 0.2) is 23.1 Å². The molecule has 1 aliphatic heterocycles. The van der Waals surface area contributed by atoms with Crippen LogP contribution < -0.4 is 5.73 Å². The quantitative estimate of drug-likeness (QED) is 0.869. The van der Waals surface area contributed by atoms with Crippen LogP contribution in [-0.2, 0) is 10.0 Å². The van der Waals surface area contributed by atoms with Crippen LogP contribution >= 0.6 is 23.4 Å². The van der Waals surface area contributed by atoms with Crippen molar-refractivity contribution in [2.45, 2.75) is 23.5 Å². The van der Waals surface area contributed by atoms with E-state index in [4.69, 9.17) is 17.3 Å². The van der Waals surface area contributed by atoms with E-state index in [9.17, 15) is 8.42 Å². The number of hydrogen-bond acceptors (Lipinski definition) is 4. The molecule has 1 aromatic rings. The van der Waals surface area contributed by atoms with Crippen molar-refractivity contribution in [2.75, 3.05) is 24.6 Å². The molecule has 1 aliphatic rings. The number of sulfonamides is 1. The molecule has 0 saturated carbocycles. The minimum Gasteiger partial charge on any atom is -0.398 e. The fourth-order valence-electron chi connectivity index (χ4n) is 1.97. The molecule has 1 aromatic carbocycles. The molecule has 106 valence electrons. The van der Waals surface area contributed by atoms with E-state index >= 15 is 0 Å². The summed E-state index contributed by atoms with van der Waals surface area (Å²) in [5, 5.41) is 0.646. The van der Waals surface area contributed by atoms with E-state index in [2.05, 4.69) is 6.92 Å². The lowest BCUT2D eigenvalue weighted by Crippen LogP contribution is -2.41. The number of thioether (sulfide) groups is 1. The third kappa shape index (κ3) is 3.18. The highest BCUT2D eigenvalue weighted by Crippen LogP contribution is 2.28. The second-order valence-electron chi connectivity index (χ2n) is 4.45. The summed E-state index contributed by atoms with van der Waals surface area (Å²) in [6.07, 6.45) is 0.971. The molecule has 1 atom stereocenters. The first-order valence-electron chi connectivity index (χ1n) is 6.12. The van der Waals surface area contributed by atoms with Gasteiger partial charge in [0, 0.05) is 24.1 Å². The van der Waals surface area contributed by atoms with Gasteiger partial charge >= 0.3 is 0 Å². The lowest BCUT2D eigenvalue weighted by molar-refractivity contribution is 0.416. The molecule has 2 rings (SSSR count). The van der Waals surface area contributed by atoms with Gasteiger partial charge in [-0.2, -0.15) is 16.1 Å². The molecule has 1 heterocycles. The molecule has 0 aliphatic carbocycles. The topological polar surface area (TPSA) is 63.4 Å². The Balaban J connectivity index is 2.28. The lowest BCUT2D eigenvalue weighted by Gasteiger charge is -2.31. The summed E-state index contributed by atoms with van der Waals surface area (Å²) in [5.74, 6) is 0.834. The van der Waals surface area contributed by atoms with Gasteiger partial charge in [0.15, 0.2) is 0 Å². The third-order valence-electron chi connectivity index (χ3n) is 3.17. The monoisotopic (exact) mass is 320 g/mol. The number of hydrogen-bond donors (Lipinski definition) is 1. The van der Waals surface area contributed by atoms with E-state index < -0.39 is 10.0 Å². The predicted molar refractivity (Wildman–Crippen MR) is 81.2 cm³/mol. The second-order valence-corrected chi connectivity index (χ2v) is 8.20. The summed E-state index contributed by atoms with van der Waals surface area (Å²) in [4.78, 5) is 0.216. The fourth-order valence-corrected chi connectivity index (χ4v) is 5.12. The van der Waals surface area contributed by atoms with Gasteiger partial charge in [0.2, 0.25) is 10.0 Å². The number of nitrogens with zero attached hydrogens (tertiary/aromatic N) is 1. The molecular weight excluding hydrogens is 304 g/mol. The molecular formula is C12H17ClN2O2S2. The SMILES string of the molecule is CCC1CN(S(=O)(=O)c2ccc(N)c(Cl)c2)CCS1. The fraction of sp³-hybridized carbons (Fsp3) is 0.500. The zero-order chi connectivity index (χ0) is 14.0. The minimum absolute atomic E-state index is 0.216. The molecule has 0 bridgehead atoms. The molecule has 1 saturated heterocycles. The molecule has 4 nitrogen and oxygen atoms in total. The van der Waals surface area contributed by atoms with E-state index in [0.717, 1.165) is 12.2 Å². The number of halogens is 1. The van der Waals surface area contributed by atoms with Crippen molar-refractivity contribution in [3.05, 3.63) is 23.2 Å². The first-order chi connectivity index (χ1) is 8.95. The van der Waals surface area contributed by atoms with Crippen LogP contribution in [0.3, 0.4) is 0 Å². The Bertz CT molecular complexity index is 563. The van der Waals surface area contributed by atoms with E-state index in [1.165, 1.54) is 18.2 Å². The molecule has 19 heavy (non-hydrogen) atoms. The zero-order valence-corrected chi connectivity index (χ0v) is 13.1. The van der Waals surface area contributed by atoms with E-state index in [1.807, 2.05) is 11.8 Å². The Labute approximate surface area is 123 Å². The van der Waals surface area contributed by atoms with Crippen LogP contribution in [0.4, 0.5) is 5.69 Å². The third-order valence-corrected chi connectivity index (χ3v) is 6.73. The van der Waals surface area contributed by atoms with Gasteiger partial charge in [-0.15, -0.1) is 0 Å². The highest BCUT2D eigenvalue weighted by atomic mass is 35.5. The normalized spacial score (nSPS) is 21.5. The Hall–Kier alpha value is -0.430. The molecule has 7 heteroatoms. The van der Waals surface area contributed by atoms with Crippen LogP contribution in [-0.4, -0.2) is 36.8 Å². The van der Waals surface area contributed by atoms with E-state index in [-0.39, 0.29) is 9.92 Å². The molecule has 1 unspecified atom stereocenters. The summed E-state index contributed by atoms with van der Waals surface area (Å²) >= 11 is 7.73. The molecule has 0 aromatic heterocycles. The average Bonchev–Trinajstić information content (AvgIpc) is 2.41. The molecule has 0 radical (unpaired) electrons. The van der Waals surface area contributed by atoms with Crippen molar-refractivity contribution in [1.29, 1.82) is 0 Å². The molecule has 2 N–H and O–H groups in total. The van der Waals surface area contributed by atoms with Crippen molar-refractivity contribution in [3.63, 3.8) is 0 Å². The molecule has 1 fully saturated rings. The Morgan fingerprint density at radius 3 is 2.89 bits per heavy atom. The number of nitrogen functional groups attached to an aromatic ring is 1. The van der Waals surface area contributed by atoms with Crippen LogP contribution in [0, 0.1) is 0 Å². The van der Waals surface area contributed by atoms with Crippen molar-refractivity contribution >= 4 is 39.1 Å². The number of rotatable bonds is 3. The van der Waals surface area contributed by atoms with Crippen molar-refractivity contribution in [2.24, 2.45) is 0 Å². The van der Waals surface area contributed by atoms with Crippen molar-refractivity contribution in [1.82, 2.24) is 4.31 Å². The molecule has 0 spiro atoms. The van der Waals surface area contributed by atoms with Gasteiger partial charge in [0.1, 0.15) is 0 Å². The van der Waals surface area contributed by atoms with Gasteiger partial charge in [0.05, 0.1) is 15.6 Å². The number of benzene rings is 1. The number of anilines is 1. The van der Waals surface area contributed by atoms with Crippen LogP contribution in [0.25, 0.3) is 0 Å².